The Morgan fingerprint density at radius 2 is 2.00 bits per heavy atom. The molecule has 1 aromatic carbocycles. The van der Waals surface area contributed by atoms with Crippen molar-refractivity contribution in [2.24, 2.45) is 5.73 Å². The first-order valence-corrected chi connectivity index (χ1v) is 7.10. The van der Waals surface area contributed by atoms with E-state index in [0.29, 0.717) is 0 Å². The number of benzene rings is 1. The number of hydrogen-bond donors (Lipinski definition) is 2. The van der Waals surface area contributed by atoms with Gasteiger partial charge in [-0.05, 0) is 46.2 Å². The number of nitrogens with two attached hydrogens (primary N) is 1. The number of anilines is 1. The molecular formula is C16H27N3O. The van der Waals surface area contributed by atoms with Gasteiger partial charge in [0.25, 0.3) is 0 Å². The van der Waals surface area contributed by atoms with Crippen LogP contribution in [0, 0.1) is 6.92 Å². The van der Waals surface area contributed by atoms with Gasteiger partial charge in [-0.1, -0.05) is 17.7 Å². The summed E-state index contributed by atoms with van der Waals surface area (Å²) in [4.78, 5) is 13.2. The van der Waals surface area contributed by atoms with E-state index >= 15 is 0 Å². The van der Waals surface area contributed by atoms with Crippen molar-refractivity contribution in [1.29, 1.82) is 0 Å². The number of primary amides is 1. The van der Waals surface area contributed by atoms with Crippen molar-refractivity contribution in [3.63, 3.8) is 0 Å². The number of carbonyl (C=O) groups is 1. The van der Waals surface area contributed by atoms with Crippen LogP contribution in [0.5, 0.6) is 0 Å². The van der Waals surface area contributed by atoms with Crippen LogP contribution in [-0.2, 0) is 11.3 Å². The minimum absolute atomic E-state index is 0.0573. The van der Waals surface area contributed by atoms with Gasteiger partial charge in [0.15, 0.2) is 0 Å². The van der Waals surface area contributed by atoms with Crippen LogP contribution >= 0.6 is 0 Å². The van der Waals surface area contributed by atoms with E-state index in [-0.39, 0.29) is 18.0 Å². The number of likely N-dealkylation sites (N-methyl/N-ethyl adjacent to an activating group) is 1. The maximum absolute atomic E-state index is 11.2. The second-order valence-electron chi connectivity index (χ2n) is 6.22. The summed E-state index contributed by atoms with van der Waals surface area (Å²) in [6.07, 6.45) is 0. The molecule has 0 spiro atoms. The molecule has 4 heteroatoms. The standard InChI is InChI=1S/C16H27N3O/c1-6-19(11-15(17)20)14-8-7-12(2)9-13(14)10-18-16(3,4)5/h7-9,18H,6,10-11H2,1-5H3,(H2,17,20). The second-order valence-corrected chi connectivity index (χ2v) is 6.22. The molecule has 0 radical (unpaired) electrons. The van der Waals surface area contributed by atoms with E-state index in [9.17, 15) is 4.79 Å². The summed E-state index contributed by atoms with van der Waals surface area (Å²) < 4.78 is 0. The highest BCUT2D eigenvalue weighted by molar-refractivity contribution is 5.80. The molecule has 0 saturated carbocycles. The van der Waals surface area contributed by atoms with Crippen molar-refractivity contribution < 1.29 is 4.79 Å². The lowest BCUT2D eigenvalue weighted by Gasteiger charge is -2.27. The molecule has 3 N–H and O–H groups in total. The topological polar surface area (TPSA) is 58.4 Å². The molecule has 0 saturated heterocycles. The smallest absolute Gasteiger partial charge is 0.236 e. The van der Waals surface area contributed by atoms with Gasteiger partial charge in [-0.15, -0.1) is 0 Å². The molecule has 1 rings (SSSR count). The lowest BCUT2D eigenvalue weighted by Crippen LogP contribution is -2.37. The fourth-order valence-corrected chi connectivity index (χ4v) is 2.08. The van der Waals surface area contributed by atoms with E-state index in [1.807, 2.05) is 11.8 Å². The van der Waals surface area contributed by atoms with Gasteiger partial charge in [-0.25, -0.2) is 0 Å². The number of amides is 1. The zero-order valence-electron chi connectivity index (χ0n) is 13.3. The Kier molecular flexibility index (Phi) is 5.57. The van der Waals surface area contributed by atoms with E-state index < -0.39 is 0 Å². The Bertz CT molecular complexity index is 463. The summed E-state index contributed by atoms with van der Waals surface area (Å²) in [6, 6.07) is 6.30. The molecule has 0 aliphatic heterocycles. The minimum Gasteiger partial charge on any atom is -0.368 e. The van der Waals surface area contributed by atoms with E-state index in [1.54, 1.807) is 0 Å². The van der Waals surface area contributed by atoms with Gasteiger partial charge in [-0.2, -0.15) is 0 Å². The average molecular weight is 277 g/mol. The van der Waals surface area contributed by atoms with E-state index in [1.165, 1.54) is 11.1 Å². The van der Waals surface area contributed by atoms with Crippen LogP contribution in [0.1, 0.15) is 38.8 Å². The molecule has 0 fully saturated rings. The van der Waals surface area contributed by atoms with Crippen molar-refractivity contribution in [3.8, 4) is 0 Å². The predicted octanol–water partition coefficient (Wildman–Crippen LogP) is 2.19. The van der Waals surface area contributed by atoms with E-state index in [4.69, 9.17) is 5.73 Å². The van der Waals surface area contributed by atoms with Gasteiger partial charge in [0.1, 0.15) is 0 Å². The third-order valence-electron chi connectivity index (χ3n) is 3.11. The number of carbonyl (C=O) groups excluding carboxylic acids is 1. The lowest BCUT2D eigenvalue weighted by molar-refractivity contribution is -0.116. The maximum atomic E-state index is 11.2. The van der Waals surface area contributed by atoms with Crippen LogP contribution in [0.25, 0.3) is 0 Å². The molecule has 1 aromatic rings. The molecule has 4 nitrogen and oxygen atoms in total. The van der Waals surface area contributed by atoms with E-state index in [0.717, 1.165) is 18.8 Å². The monoisotopic (exact) mass is 277 g/mol. The quantitative estimate of drug-likeness (QED) is 0.838. The van der Waals surface area contributed by atoms with Gasteiger partial charge >= 0.3 is 0 Å². The first kappa shape index (κ1) is 16.5. The number of rotatable bonds is 6. The normalized spacial score (nSPS) is 11.4. The van der Waals surface area contributed by atoms with Crippen molar-refractivity contribution in [2.75, 3.05) is 18.0 Å². The maximum Gasteiger partial charge on any atom is 0.236 e. The zero-order chi connectivity index (χ0) is 15.3. The number of nitrogens with one attached hydrogen (secondary N) is 1. The summed E-state index contributed by atoms with van der Waals surface area (Å²) in [5.74, 6) is -0.304. The van der Waals surface area contributed by atoms with Crippen LogP contribution in [0.4, 0.5) is 5.69 Å². The lowest BCUT2D eigenvalue weighted by atomic mass is 10.0. The molecule has 1 amide bonds. The Balaban J connectivity index is 3.02. The molecular weight excluding hydrogens is 250 g/mol. The Morgan fingerprint density at radius 3 is 2.50 bits per heavy atom. The third-order valence-corrected chi connectivity index (χ3v) is 3.11. The van der Waals surface area contributed by atoms with Gasteiger partial charge in [0.05, 0.1) is 6.54 Å². The van der Waals surface area contributed by atoms with Crippen molar-refractivity contribution >= 4 is 11.6 Å². The zero-order valence-corrected chi connectivity index (χ0v) is 13.3. The van der Waals surface area contributed by atoms with Gasteiger partial charge in [0.2, 0.25) is 5.91 Å². The molecule has 0 aliphatic carbocycles. The summed E-state index contributed by atoms with van der Waals surface area (Å²) in [5, 5.41) is 3.50. The van der Waals surface area contributed by atoms with Gasteiger partial charge in [0, 0.05) is 24.3 Å². The number of nitrogens with zero attached hydrogens (tertiary/aromatic N) is 1. The van der Waals surface area contributed by atoms with Crippen LogP contribution in [-0.4, -0.2) is 24.5 Å². The highest BCUT2D eigenvalue weighted by atomic mass is 16.1. The van der Waals surface area contributed by atoms with E-state index in [2.05, 4.69) is 51.2 Å². The Labute approximate surface area is 122 Å². The van der Waals surface area contributed by atoms with Crippen molar-refractivity contribution in [3.05, 3.63) is 29.3 Å². The largest absolute Gasteiger partial charge is 0.368 e. The summed E-state index contributed by atoms with van der Waals surface area (Å²) in [6.45, 7) is 12.3. The fourth-order valence-electron chi connectivity index (χ4n) is 2.08. The van der Waals surface area contributed by atoms with Crippen LogP contribution in [0.15, 0.2) is 18.2 Å². The molecule has 0 aliphatic rings. The Morgan fingerprint density at radius 1 is 1.35 bits per heavy atom. The van der Waals surface area contributed by atoms with Crippen LogP contribution in [0.2, 0.25) is 0 Å². The molecule has 112 valence electrons. The molecule has 0 bridgehead atoms. The minimum atomic E-state index is -0.304. The Hall–Kier alpha value is -1.55. The number of hydrogen-bond acceptors (Lipinski definition) is 3. The van der Waals surface area contributed by atoms with Gasteiger partial charge in [-0.3, -0.25) is 4.79 Å². The summed E-state index contributed by atoms with van der Waals surface area (Å²) in [5.41, 5.74) is 8.88. The molecule has 0 atom stereocenters. The molecule has 20 heavy (non-hydrogen) atoms. The van der Waals surface area contributed by atoms with Gasteiger partial charge < -0.3 is 16.0 Å². The number of aryl methyl sites for hydroxylation is 1. The summed E-state index contributed by atoms with van der Waals surface area (Å²) >= 11 is 0. The molecule has 0 aromatic heterocycles. The molecule has 0 unspecified atom stereocenters. The fraction of sp³-hybridized carbons (Fsp3) is 0.562. The van der Waals surface area contributed by atoms with Crippen LogP contribution in [0.3, 0.4) is 0 Å². The third kappa shape index (κ3) is 5.21. The predicted molar refractivity (Wildman–Crippen MR) is 84.9 cm³/mol. The van der Waals surface area contributed by atoms with Crippen molar-refractivity contribution in [2.45, 2.75) is 46.7 Å². The SMILES string of the molecule is CCN(CC(N)=O)c1ccc(C)cc1CNC(C)(C)C. The highest BCUT2D eigenvalue weighted by Crippen LogP contribution is 2.22. The summed E-state index contributed by atoms with van der Waals surface area (Å²) in [7, 11) is 0. The molecule has 0 heterocycles. The first-order chi connectivity index (χ1) is 9.23. The second kappa shape index (κ2) is 6.75. The highest BCUT2D eigenvalue weighted by Gasteiger charge is 2.14. The van der Waals surface area contributed by atoms with Crippen LogP contribution < -0.4 is 16.0 Å². The van der Waals surface area contributed by atoms with Crippen molar-refractivity contribution in [1.82, 2.24) is 5.32 Å². The average Bonchev–Trinajstić information content (AvgIpc) is 2.33. The first-order valence-electron chi connectivity index (χ1n) is 7.10.